The number of imidazole rings is 1. The van der Waals surface area contributed by atoms with E-state index in [1.807, 2.05) is 40.9 Å². The second kappa shape index (κ2) is 5.74. The van der Waals surface area contributed by atoms with Gasteiger partial charge in [-0.1, -0.05) is 36.0 Å². The lowest BCUT2D eigenvalue weighted by molar-refractivity contribution is 1.16. The molecule has 0 aliphatic heterocycles. The number of hydrogen-bond acceptors (Lipinski definition) is 3. The van der Waals surface area contributed by atoms with Gasteiger partial charge in [0.25, 0.3) is 0 Å². The van der Waals surface area contributed by atoms with Gasteiger partial charge in [0.05, 0.1) is 16.2 Å². The van der Waals surface area contributed by atoms with E-state index in [1.54, 1.807) is 11.8 Å². The Hall–Kier alpha value is -1.85. The van der Waals surface area contributed by atoms with Crippen LogP contribution in [0.5, 0.6) is 0 Å². The molecule has 0 atom stereocenters. The van der Waals surface area contributed by atoms with Crippen LogP contribution >= 0.6 is 27.7 Å². The predicted molar refractivity (Wildman–Crippen MR) is 94.2 cm³/mol. The van der Waals surface area contributed by atoms with Gasteiger partial charge < -0.3 is 4.40 Å². The fraction of sp³-hybridized carbons (Fsp3) is 0.0588. The van der Waals surface area contributed by atoms with Gasteiger partial charge in [0, 0.05) is 28.0 Å². The van der Waals surface area contributed by atoms with Crippen molar-refractivity contribution in [3.05, 3.63) is 71.1 Å². The summed E-state index contributed by atoms with van der Waals surface area (Å²) in [6.45, 7) is 0. The molecule has 4 aromatic rings. The second-order valence-corrected chi connectivity index (χ2v) is 6.89. The molecule has 0 saturated carbocycles. The summed E-state index contributed by atoms with van der Waals surface area (Å²) >= 11 is 5.19. The van der Waals surface area contributed by atoms with Crippen molar-refractivity contribution < 1.29 is 0 Å². The molecule has 0 saturated heterocycles. The molecular formula is C17H12BrN3S. The molecule has 0 fully saturated rings. The lowest BCUT2D eigenvalue weighted by Crippen LogP contribution is -1.84. The standard InChI is InChI=1S/C17H12BrN3S/c18-13-6-7-16-19-14(10-21(16)9-13)11-22-17-8-5-12-3-1-2-4-15(12)20-17/h1-10H,11H2. The molecule has 0 radical (unpaired) electrons. The molecule has 0 N–H and O–H groups in total. The maximum absolute atomic E-state index is 4.68. The molecule has 5 heteroatoms. The average Bonchev–Trinajstić information content (AvgIpc) is 2.94. The van der Waals surface area contributed by atoms with E-state index in [4.69, 9.17) is 0 Å². The van der Waals surface area contributed by atoms with Gasteiger partial charge in [-0.25, -0.2) is 9.97 Å². The molecule has 1 aromatic carbocycles. The molecule has 0 bridgehead atoms. The highest BCUT2D eigenvalue weighted by Gasteiger charge is 2.04. The third kappa shape index (κ3) is 2.74. The Morgan fingerprint density at radius 2 is 1.86 bits per heavy atom. The summed E-state index contributed by atoms with van der Waals surface area (Å²) in [5.74, 6) is 0.810. The first kappa shape index (κ1) is 13.8. The highest BCUT2D eigenvalue weighted by atomic mass is 79.9. The second-order valence-electron chi connectivity index (χ2n) is 4.98. The molecule has 3 heterocycles. The van der Waals surface area contributed by atoms with Crippen molar-refractivity contribution in [2.24, 2.45) is 0 Å². The Labute approximate surface area is 140 Å². The van der Waals surface area contributed by atoms with Crippen molar-refractivity contribution in [3.63, 3.8) is 0 Å². The first-order valence-electron chi connectivity index (χ1n) is 6.90. The van der Waals surface area contributed by atoms with E-state index >= 15 is 0 Å². The third-order valence-corrected chi connectivity index (χ3v) is 4.84. The van der Waals surface area contributed by atoms with Crippen molar-refractivity contribution in [1.82, 2.24) is 14.4 Å². The number of rotatable bonds is 3. The molecule has 108 valence electrons. The van der Waals surface area contributed by atoms with Crippen LogP contribution in [-0.4, -0.2) is 14.4 Å². The van der Waals surface area contributed by atoms with Crippen LogP contribution in [-0.2, 0) is 5.75 Å². The van der Waals surface area contributed by atoms with E-state index in [0.717, 1.165) is 32.1 Å². The van der Waals surface area contributed by atoms with Gasteiger partial charge in [-0.2, -0.15) is 0 Å². The average molecular weight is 370 g/mol. The minimum absolute atomic E-state index is 0.810. The molecule has 4 rings (SSSR count). The number of benzene rings is 1. The van der Waals surface area contributed by atoms with Crippen LogP contribution in [0, 0.1) is 0 Å². The van der Waals surface area contributed by atoms with Gasteiger partial charge >= 0.3 is 0 Å². The van der Waals surface area contributed by atoms with Gasteiger partial charge in [0.2, 0.25) is 0 Å². The first-order chi connectivity index (χ1) is 10.8. The summed E-state index contributed by atoms with van der Waals surface area (Å²) in [5, 5.41) is 2.20. The lowest BCUT2D eigenvalue weighted by Gasteiger charge is -2.01. The van der Waals surface area contributed by atoms with E-state index < -0.39 is 0 Å². The van der Waals surface area contributed by atoms with E-state index in [2.05, 4.69) is 50.3 Å². The molecule has 0 aliphatic rings. The van der Waals surface area contributed by atoms with Crippen LogP contribution < -0.4 is 0 Å². The number of para-hydroxylation sites is 1. The normalized spacial score (nSPS) is 11.3. The number of fused-ring (bicyclic) bond motifs is 2. The van der Waals surface area contributed by atoms with Crippen LogP contribution in [0.1, 0.15) is 5.69 Å². The summed E-state index contributed by atoms with van der Waals surface area (Å²) < 4.78 is 3.08. The molecule has 0 amide bonds. The van der Waals surface area contributed by atoms with E-state index in [1.165, 1.54) is 5.39 Å². The summed E-state index contributed by atoms with van der Waals surface area (Å²) in [6.07, 6.45) is 4.08. The zero-order chi connectivity index (χ0) is 14.9. The highest BCUT2D eigenvalue weighted by molar-refractivity contribution is 9.10. The smallest absolute Gasteiger partial charge is 0.137 e. The Morgan fingerprint density at radius 3 is 2.82 bits per heavy atom. The maximum atomic E-state index is 4.68. The fourth-order valence-electron chi connectivity index (χ4n) is 2.36. The molecule has 22 heavy (non-hydrogen) atoms. The molecule has 0 spiro atoms. The van der Waals surface area contributed by atoms with Crippen molar-refractivity contribution in [1.29, 1.82) is 0 Å². The highest BCUT2D eigenvalue weighted by Crippen LogP contribution is 2.23. The zero-order valence-electron chi connectivity index (χ0n) is 11.6. The number of thioether (sulfide) groups is 1. The van der Waals surface area contributed by atoms with Gasteiger partial charge in [-0.05, 0) is 40.2 Å². The van der Waals surface area contributed by atoms with E-state index in [-0.39, 0.29) is 0 Å². The molecule has 3 nitrogen and oxygen atoms in total. The number of hydrogen-bond donors (Lipinski definition) is 0. The monoisotopic (exact) mass is 369 g/mol. The quantitative estimate of drug-likeness (QED) is 0.479. The van der Waals surface area contributed by atoms with Crippen molar-refractivity contribution in [2.75, 3.05) is 0 Å². The van der Waals surface area contributed by atoms with E-state index in [9.17, 15) is 0 Å². The van der Waals surface area contributed by atoms with Crippen molar-refractivity contribution in [3.8, 4) is 0 Å². The number of nitrogens with zero attached hydrogens (tertiary/aromatic N) is 3. The fourth-order valence-corrected chi connectivity index (χ4v) is 3.48. The molecule has 3 aromatic heterocycles. The Balaban J connectivity index is 1.56. The van der Waals surface area contributed by atoms with Crippen molar-refractivity contribution >= 4 is 44.2 Å². The van der Waals surface area contributed by atoms with Crippen molar-refractivity contribution in [2.45, 2.75) is 10.8 Å². The summed E-state index contributed by atoms with van der Waals surface area (Å²) in [6, 6.07) is 16.4. The van der Waals surface area contributed by atoms with Crippen LogP contribution in [0.4, 0.5) is 0 Å². The zero-order valence-corrected chi connectivity index (χ0v) is 14.0. The Morgan fingerprint density at radius 1 is 0.955 bits per heavy atom. The largest absolute Gasteiger partial charge is 0.306 e. The Kier molecular flexibility index (Phi) is 3.60. The molecule has 0 aliphatic carbocycles. The lowest BCUT2D eigenvalue weighted by atomic mass is 10.2. The summed E-state index contributed by atoms with van der Waals surface area (Å²) in [4.78, 5) is 9.30. The topological polar surface area (TPSA) is 30.2 Å². The predicted octanol–water partition coefficient (Wildman–Crippen LogP) is 4.94. The number of halogens is 1. The van der Waals surface area contributed by atoms with Crippen LogP contribution in [0.3, 0.4) is 0 Å². The van der Waals surface area contributed by atoms with Gasteiger partial charge in [0.1, 0.15) is 5.65 Å². The van der Waals surface area contributed by atoms with Gasteiger partial charge in [0.15, 0.2) is 0 Å². The molecule has 0 unspecified atom stereocenters. The summed E-state index contributed by atoms with van der Waals surface area (Å²) in [5.41, 5.74) is 3.05. The minimum atomic E-state index is 0.810. The van der Waals surface area contributed by atoms with Crippen LogP contribution in [0.15, 0.2) is 70.4 Å². The van der Waals surface area contributed by atoms with Gasteiger partial charge in [-0.15, -0.1) is 0 Å². The third-order valence-electron chi connectivity index (χ3n) is 3.41. The number of pyridine rings is 2. The Bertz CT molecular complexity index is 964. The van der Waals surface area contributed by atoms with Crippen LogP contribution in [0.2, 0.25) is 0 Å². The minimum Gasteiger partial charge on any atom is -0.306 e. The first-order valence-corrected chi connectivity index (χ1v) is 8.67. The SMILES string of the molecule is Brc1ccc2nc(CSc3ccc4ccccc4n3)cn2c1. The van der Waals surface area contributed by atoms with Gasteiger partial charge in [-0.3, -0.25) is 0 Å². The van der Waals surface area contributed by atoms with E-state index in [0.29, 0.717) is 0 Å². The maximum Gasteiger partial charge on any atom is 0.137 e. The number of aromatic nitrogens is 3. The summed E-state index contributed by atoms with van der Waals surface area (Å²) in [7, 11) is 0. The van der Waals surface area contributed by atoms with Crippen LogP contribution in [0.25, 0.3) is 16.6 Å². The molecular weight excluding hydrogens is 358 g/mol.